The average Bonchev–Trinajstić information content (AvgIpc) is 2.38. The van der Waals surface area contributed by atoms with Gasteiger partial charge in [0.1, 0.15) is 6.61 Å². The zero-order chi connectivity index (χ0) is 11.0. The lowest BCUT2D eigenvalue weighted by atomic mass is 9.98. The third-order valence-electron chi connectivity index (χ3n) is 2.94. The Hall–Kier alpha value is -1.86. The predicted molar refractivity (Wildman–Crippen MR) is 66.8 cm³/mol. The first-order valence-corrected chi connectivity index (χ1v) is 5.28. The van der Waals surface area contributed by atoms with Gasteiger partial charge in [-0.05, 0) is 33.2 Å². The van der Waals surface area contributed by atoms with E-state index in [4.69, 9.17) is 0 Å². The minimum Gasteiger partial charge on any atom is -0.385 e. The minimum absolute atomic E-state index is 0.870. The second-order valence-corrected chi connectivity index (χ2v) is 3.86. The van der Waals surface area contributed by atoms with Gasteiger partial charge in [-0.1, -0.05) is 48.5 Å². The Morgan fingerprint density at radius 1 is 0.750 bits per heavy atom. The van der Waals surface area contributed by atoms with Crippen molar-refractivity contribution in [1.82, 2.24) is 0 Å². The highest BCUT2D eigenvalue weighted by Gasteiger charge is 2.04. The van der Waals surface area contributed by atoms with Crippen molar-refractivity contribution in [3.63, 3.8) is 0 Å². The van der Waals surface area contributed by atoms with E-state index in [1.54, 1.807) is 0 Å². The molecule has 1 heteroatoms. The molecule has 1 N–H and O–H groups in total. The number of aliphatic hydroxyl groups excluding tert-OH is 1. The van der Waals surface area contributed by atoms with Crippen LogP contribution in [0.15, 0.2) is 54.6 Å². The van der Waals surface area contributed by atoms with Crippen LogP contribution in [0.25, 0.3) is 21.5 Å². The van der Waals surface area contributed by atoms with Crippen LogP contribution in [-0.4, -0.2) is 5.11 Å². The smallest absolute Gasteiger partial charge is 0.110 e. The van der Waals surface area contributed by atoms with Crippen LogP contribution in [0.5, 0.6) is 0 Å². The van der Waals surface area contributed by atoms with E-state index in [1.165, 1.54) is 17.4 Å². The molecule has 1 nitrogen and oxygen atoms in total. The molecule has 0 saturated carbocycles. The fourth-order valence-corrected chi connectivity index (χ4v) is 2.19. The molecule has 3 aromatic rings. The first-order valence-electron chi connectivity index (χ1n) is 5.28. The van der Waals surface area contributed by atoms with Crippen molar-refractivity contribution < 1.29 is 5.11 Å². The number of rotatable bonds is 1. The van der Waals surface area contributed by atoms with Crippen molar-refractivity contribution in [3.05, 3.63) is 66.8 Å². The lowest BCUT2D eigenvalue weighted by Crippen LogP contribution is -1.85. The maximum Gasteiger partial charge on any atom is 0.110 e. The predicted octanol–water partition coefficient (Wildman–Crippen LogP) is 3.88. The standard InChI is InChI=1S/C15H11O/c16-10-12-9-11-5-1-2-6-13(11)15-8-4-3-7-14(12)15/h1-10,16H. The second kappa shape index (κ2) is 3.62. The molecule has 3 aromatic carbocycles. The van der Waals surface area contributed by atoms with Crippen LogP contribution in [0.4, 0.5) is 0 Å². The topological polar surface area (TPSA) is 20.2 Å². The van der Waals surface area contributed by atoms with E-state index in [1.807, 2.05) is 36.4 Å². The third-order valence-corrected chi connectivity index (χ3v) is 2.94. The maximum atomic E-state index is 9.27. The zero-order valence-corrected chi connectivity index (χ0v) is 8.72. The van der Waals surface area contributed by atoms with Crippen LogP contribution in [0, 0.1) is 6.61 Å². The highest BCUT2D eigenvalue weighted by Crippen LogP contribution is 2.28. The fraction of sp³-hybridized carbons (Fsp3) is 0. The lowest BCUT2D eigenvalue weighted by molar-refractivity contribution is 0.416. The Morgan fingerprint density at radius 3 is 2.12 bits per heavy atom. The van der Waals surface area contributed by atoms with E-state index in [-0.39, 0.29) is 0 Å². The molecule has 3 rings (SSSR count). The number of benzene rings is 3. The van der Waals surface area contributed by atoms with Crippen LogP contribution in [0.3, 0.4) is 0 Å². The molecule has 0 saturated heterocycles. The third kappa shape index (κ3) is 1.29. The van der Waals surface area contributed by atoms with Gasteiger partial charge in [0.25, 0.3) is 0 Å². The van der Waals surface area contributed by atoms with Crippen LogP contribution in [0.2, 0.25) is 0 Å². The Morgan fingerprint density at radius 2 is 1.38 bits per heavy atom. The van der Waals surface area contributed by atoms with Gasteiger partial charge in [0, 0.05) is 0 Å². The molecule has 0 atom stereocenters. The molecule has 0 aliphatic heterocycles. The van der Waals surface area contributed by atoms with Crippen molar-refractivity contribution in [2.24, 2.45) is 0 Å². The molecule has 0 aliphatic carbocycles. The van der Waals surface area contributed by atoms with Gasteiger partial charge < -0.3 is 5.11 Å². The quantitative estimate of drug-likeness (QED) is 0.600. The van der Waals surface area contributed by atoms with Crippen molar-refractivity contribution in [2.45, 2.75) is 0 Å². The van der Waals surface area contributed by atoms with E-state index in [0.29, 0.717) is 0 Å². The van der Waals surface area contributed by atoms with E-state index < -0.39 is 0 Å². The SMILES string of the molecule is O[CH]c1cc2ccccc2c2ccccc12. The van der Waals surface area contributed by atoms with Gasteiger partial charge in [0.05, 0.1) is 0 Å². The van der Waals surface area contributed by atoms with E-state index in [0.717, 1.165) is 16.3 Å². The summed E-state index contributed by atoms with van der Waals surface area (Å²) in [5.74, 6) is 0. The molecule has 0 heterocycles. The van der Waals surface area contributed by atoms with E-state index in [2.05, 4.69) is 18.2 Å². The fourth-order valence-electron chi connectivity index (χ4n) is 2.19. The Balaban J connectivity index is 2.57. The maximum absolute atomic E-state index is 9.27. The highest BCUT2D eigenvalue weighted by atomic mass is 16.3. The van der Waals surface area contributed by atoms with Crippen LogP contribution in [-0.2, 0) is 0 Å². The van der Waals surface area contributed by atoms with Gasteiger partial charge in [-0.15, -0.1) is 0 Å². The van der Waals surface area contributed by atoms with Crippen LogP contribution in [0.1, 0.15) is 5.56 Å². The molecule has 0 fully saturated rings. The summed E-state index contributed by atoms with van der Waals surface area (Å²) in [6.07, 6.45) is 0. The monoisotopic (exact) mass is 207 g/mol. The Bertz CT molecular complexity index is 656. The van der Waals surface area contributed by atoms with Crippen molar-refractivity contribution in [1.29, 1.82) is 0 Å². The molecule has 1 radical (unpaired) electrons. The Labute approximate surface area is 94.0 Å². The van der Waals surface area contributed by atoms with Crippen LogP contribution < -0.4 is 0 Å². The van der Waals surface area contributed by atoms with Gasteiger partial charge in [0.15, 0.2) is 0 Å². The summed E-state index contributed by atoms with van der Waals surface area (Å²) in [4.78, 5) is 0. The largest absolute Gasteiger partial charge is 0.385 e. The molecule has 0 spiro atoms. The van der Waals surface area contributed by atoms with E-state index >= 15 is 0 Å². The van der Waals surface area contributed by atoms with Crippen molar-refractivity contribution >= 4 is 21.5 Å². The van der Waals surface area contributed by atoms with Crippen molar-refractivity contribution in [2.75, 3.05) is 0 Å². The van der Waals surface area contributed by atoms with Gasteiger partial charge in [-0.2, -0.15) is 0 Å². The summed E-state index contributed by atoms with van der Waals surface area (Å²) in [5, 5.41) is 13.9. The first-order chi connectivity index (χ1) is 7.90. The minimum atomic E-state index is 0.870. The summed E-state index contributed by atoms with van der Waals surface area (Å²) in [7, 11) is 0. The summed E-state index contributed by atoms with van der Waals surface area (Å²) in [6.45, 7) is 1.18. The normalized spacial score (nSPS) is 11.1. The Kier molecular flexibility index (Phi) is 2.12. The summed E-state index contributed by atoms with van der Waals surface area (Å²) in [6, 6.07) is 18.4. The zero-order valence-electron chi connectivity index (χ0n) is 8.72. The molecule has 0 unspecified atom stereocenters. The molecule has 77 valence electrons. The second-order valence-electron chi connectivity index (χ2n) is 3.86. The number of aliphatic hydroxyl groups is 1. The summed E-state index contributed by atoms with van der Waals surface area (Å²) in [5.41, 5.74) is 0.870. The van der Waals surface area contributed by atoms with Gasteiger partial charge in [-0.3, -0.25) is 0 Å². The summed E-state index contributed by atoms with van der Waals surface area (Å²) < 4.78 is 0. The van der Waals surface area contributed by atoms with Gasteiger partial charge >= 0.3 is 0 Å². The molecule has 0 amide bonds. The molecule has 0 bridgehead atoms. The highest BCUT2D eigenvalue weighted by molar-refractivity contribution is 6.09. The lowest BCUT2D eigenvalue weighted by Gasteiger charge is -2.07. The molecular weight excluding hydrogens is 196 g/mol. The van der Waals surface area contributed by atoms with Crippen LogP contribution >= 0.6 is 0 Å². The van der Waals surface area contributed by atoms with Crippen molar-refractivity contribution in [3.8, 4) is 0 Å². The number of hydrogen-bond acceptors (Lipinski definition) is 1. The number of hydrogen-bond donors (Lipinski definition) is 1. The van der Waals surface area contributed by atoms with Gasteiger partial charge in [-0.25, -0.2) is 0 Å². The molecule has 0 aromatic heterocycles. The number of fused-ring (bicyclic) bond motifs is 3. The van der Waals surface area contributed by atoms with E-state index in [9.17, 15) is 5.11 Å². The summed E-state index contributed by atoms with van der Waals surface area (Å²) >= 11 is 0. The first kappa shape index (κ1) is 9.37. The molecule has 0 aliphatic rings. The average molecular weight is 207 g/mol. The molecular formula is C15H11O. The molecule has 16 heavy (non-hydrogen) atoms. The van der Waals surface area contributed by atoms with Gasteiger partial charge in [0.2, 0.25) is 0 Å².